The molecule has 0 saturated carbocycles. The fourth-order valence-electron chi connectivity index (χ4n) is 1.71. The average molecular weight is 271 g/mol. The Morgan fingerprint density at radius 3 is 2.82 bits per heavy atom. The molecule has 0 spiro atoms. The maximum absolute atomic E-state index is 6.15. The number of nitrogens with zero attached hydrogens (tertiary/aromatic N) is 2. The molecule has 1 unspecified atom stereocenters. The normalized spacial score (nSPS) is 13.5. The highest BCUT2D eigenvalue weighted by molar-refractivity contribution is 7.16. The minimum Gasteiger partial charge on any atom is -0.370 e. The van der Waals surface area contributed by atoms with E-state index in [1.807, 2.05) is 18.4 Å². The van der Waals surface area contributed by atoms with Gasteiger partial charge in [-0.2, -0.15) is 0 Å². The fraction of sp³-hybridized carbons (Fsp3) is 0.500. The summed E-state index contributed by atoms with van der Waals surface area (Å²) in [4.78, 5) is 9.81. The van der Waals surface area contributed by atoms with E-state index in [2.05, 4.69) is 23.8 Å². The average Bonchev–Trinajstić information content (AvgIpc) is 2.73. The number of halogens is 1. The molecule has 0 radical (unpaired) electrons. The van der Waals surface area contributed by atoms with Gasteiger partial charge < -0.3 is 4.74 Å². The number of hydrogen-bond donors (Lipinski definition) is 0. The van der Waals surface area contributed by atoms with E-state index in [-0.39, 0.29) is 6.10 Å². The van der Waals surface area contributed by atoms with E-state index < -0.39 is 0 Å². The molecule has 0 aliphatic carbocycles. The Morgan fingerprint density at radius 2 is 2.18 bits per heavy atom. The SMILES string of the molecule is CCOC(c1nc(Cl)c2ccsc2n1)C(C)C. The van der Waals surface area contributed by atoms with Crippen molar-refractivity contribution in [3.8, 4) is 0 Å². The monoisotopic (exact) mass is 270 g/mol. The van der Waals surface area contributed by atoms with Gasteiger partial charge in [-0.3, -0.25) is 0 Å². The Labute approximate surface area is 110 Å². The van der Waals surface area contributed by atoms with Crippen molar-refractivity contribution in [2.75, 3.05) is 6.61 Å². The van der Waals surface area contributed by atoms with Gasteiger partial charge in [0.1, 0.15) is 16.1 Å². The third kappa shape index (κ3) is 2.59. The Hall–Kier alpha value is -0.710. The van der Waals surface area contributed by atoms with E-state index in [0.717, 1.165) is 10.2 Å². The lowest BCUT2D eigenvalue weighted by molar-refractivity contribution is 0.0235. The van der Waals surface area contributed by atoms with Crippen LogP contribution in [0, 0.1) is 5.92 Å². The van der Waals surface area contributed by atoms with Gasteiger partial charge in [-0.1, -0.05) is 25.4 Å². The smallest absolute Gasteiger partial charge is 0.160 e. The maximum atomic E-state index is 6.15. The molecule has 1 atom stereocenters. The van der Waals surface area contributed by atoms with Gasteiger partial charge in [0.15, 0.2) is 5.82 Å². The summed E-state index contributed by atoms with van der Waals surface area (Å²) in [7, 11) is 0. The van der Waals surface area contributed by atoms with E-state index >= 15 is 0 Å². The van der Waals surface area contributed by atoms with E-state index in [0.29, 0.717) is 23.5 Å². The first-order chi connectivity index (χ1) is 8.13. The lowest BCUT2D eigenvalue weighted by Crippen LogP contribution is -2.14. The second kappa shape index (κ2) is 5.29. The van der Waals surface area contributed by atoms with E-state index in [9.17, 15) is 0 Å². The lowest BCUT2D eigenvalue weighted by Gasteiger charge is -2.19. The van der Waals surface area contributed by atoms with Crippen molar-refractivity contribution in [2.24, 2.45) is 5.92 Å². The molecule has 0 aromatic carbocycles. The molecule has 0 fully saturated rings. The van der Waals surface area contributed by atoms with Gasteiger partial charge in [0.2, 0.25) is 0 Å². The summed E-state index contributed by atoms with van der Waals surface area (Å²) in [5.74, 6) is 1.00. The predicted octanol–water partition coefficient (Wildman–Crippen LogP) is 4.08. The summed E-state index contributed by atoms with van der Waals surface area (Å²) in [5.41, 5.74) is 0. The van der Waals surface area contributed by atoms with Crippen LogP contribution in [0.2, 0.25) is 5.15 Å². The molecular weight excluding hydrogens is 256 g/mol. The summed E-state index contributed by atoms with van der Waals surface area (Å²) in [5, 5.41) is 3.40. The standard InChI is InChI=1S/C12H15ClN2OS/c1-4-16-9(7(2)3)11-14-10(13)8-5-6-17-12(8)15-11/h5-7,9H,4H2,1-3H3. The third-order valence-electron chi connectivity index (χ3n) is 2.50. The van der Waals surface area contributed by atoms with Crippen molar-refractivity contribution in [1.82, 2.24) is 9.97 Å². The molecule has 0 aliphatic heterocycles. The van der Waals surface area contributed by atoms with Crippen LogP contribution < -0.4 is 0 Å². The number of fused-ring (bicyclic) bond motifs is 1. The van der Waals surface area contributed by atoms with E-state index in [4.69, 9.17) is 16.3 Å². The van der Waals surface area contributed by atoms with Crippen LogP contribution in [0.15, 0.2) is 11.4 Å². The van der Waals surface area contributed by atoms with Crippen LogP contribution in [0.3, 0.4) is 0 Å². The molecule has 17 heavy (non-hydrogen) atoms. The van der Waals surface area contributed by atoms with E-state index in [1.54, 1.807) is 11.3 Å². The first kappa shape index (κ1) is 12.7. The van der Waals surface area contributed by atoms with Crippen molar-refractivity contribution < 1.29 is 4.74 Å². The molecule has 92 valence electrons. The van der Waals surface area contributed by atoms with Crippen LogP contribution in [-0.2, 0) is 4.74 Å². The van der Waals surface area contributed by atoms with Crippen molar-refractivity contribution >= 4 is 33.2 Å². The molecule has 0 saturated heterocycles. The van der Waals surface area contributed by atoms with Gasteiger partial charge >= 0.3 is 0 Å². The van der Waals surface area contributed by atoms with Crippen LogP contribution in [-0.4, -0.2) is 16.6 Å². The molecule has 0 bridgehead atoms. The van der Waals surface area contributed by atoms with Crippen LogP contribution in [0.5, 0.6) is 0 Å². The maximum Gasteiger partial charge on any atom is 0.160 e. The largest absolute Gasteiger partial charge is 0.370 e. The molecule has 2 heterocycles. The Morgan fingerprint density at radius 1 is 1.41 bits per heavy atom. The molecule has 5 heteroatoms. The number of rotatable bonds is 4. The van der Waals surface area contributed by atoms with Gasteiger partial charge in [0, 0.05) is 12.0 Å². The molecule has 0 N–H and O–H groups in total. The van der Waals surface area contributed by atoms with E-state index in [1.165, 1.54) is 0 Å². The second-order valence-corrected chi connectivity index (χ2v) is 5.38. The Balaban J connectivity index is 2.45. The Bertz CT molecular complexity index is 512. The predicted molar refractivity (Wildman–Crippen MR) is 71.6 cm³/mol. The first-order valence-corrected chi connectivity index (χ1v) is 6.91. The number of thiophene rings is 1. The highest BCUT2D eigenvalue weighted by atomic mass is 35.5. The van der Waals surface area contributed by atoms with Crippen molar-refractivity contribution in [1.29, 1.82) is 0 Å². The third-order valence-corrected chi connectivity index (χ3v) is 3.60. The summed E-state index contributed by atoms with van der Waals surface area (Å²) < 4.78 is 5.69. The number of hydrogen-bond acceptors (Lipinski definition) is 4. The van der Waals surface area contributed by atoms with Gasteiger partial charge in [0.05, 0.1) is 0 Å². The van der Waals surface area contributed by atoms with Gasteiger partial charge in [-0.25, -0.2) is 9.97 Å². The molecule has 2 rings (SSSR count). The lowest BCUT2D eigenvalue weighted by atomic mass is 10.1. The van der Waals surface area contributed by atoms with Crippen molar-refractivity contribution in [2.45, 2.75) is 26.9 Å². The molecule has 0 amide bonds. The van der Waals surface area contributed by atoms with Crippen LogP contribution in [0.4, 0.5) is 0 Å². The zero-order valence-corrected chi connectivity index (χ0v) is 11.7. The van der Waals surface area contributed by atoms with Gasteiger partial charge in [-0.05, 0) is 24.3 Å². The van der Waals surface area contributed by atoms with Gasteiger partial charge in [0.25, 0.3) is 0 Å². The summed E-state index contributed by atoms with van der Waals surface area (Å²) in [6, 6.07) is 1.94. The van der Waals surface area contributed by atoms with Crippen LogP contribution in [0.25, 0.3) is 10.2 Å². The molecule has 3 nitrogen and oxygen atoms in total. The topological polar surface area (TPSA) is 35.0 Å². The zero-order valence-electron chi connectivity index (χ0n) is 10.1. The minimum atomic E-state index is -0.0935. The second-order valence-electron chi connectivity index (χ2n) is 4.13. The van der Waals surface area contributed by atoms with Crippen molar-refractivity contribution in [3.63, 3.8) is 0 Å². The highest BCUT2D eigenvalue weighted by Gasteiger charge is 2.20. The Kier molecular flexibility index (Phi) is 3.97. The number of aromatic nitrogens is 2. The highest BCUT2D eigenvalue weighted by Crippen LogP contribution is 2.29. The van der Waals surface area contributed by atoms with Crippen molar-refractivity contribution in [3.05, 3.63) is 22.4 Å². The summed E-state index contributed by atoms with van der Waals surface area (Å²) in [6.07, 6.45) is -0.0935. The quantitative estimate of drug-likeness (QED) is 0.786. The molecule has 2 aromatic rings. The number of ether oxygens (including phenoxy) is 1. The van der Waals surface area contributed by atoms with Crippen LogP contribution in [0.1, 0.15) is 32.7 Å². The minimum absolute atomic E-state index is 0.0935. The summed E-state index contributed by atoms with van der Waals surface area (Å²) in [6.45, 7) is 6.80. The fourth-order valence-corrected chi connectivity index (χ4v) is 2.77. The van der Waals surface area contributed by atoms with Crippen LogP contribution >= 0.6 is 22.9 Å². The zero-order chi connectivity index (χ0) is 12.4. The molecule has 0 aliphatic rings. The molecule has 2 aromatic heterocycles. The summed E-state index contributed by atoms with van der Waals surface area (Å²) >= 11 is 7.72. The van der Waals surface area contributed by atoms with Gasteiger partial charge in [-0.15, -0.1) is 11.3 Å². The molecular formula is C12H15ClN2OS. The first-order valence-electron chi connectivity index (χ1n) is 5.65.